The molecular weight excluding hydrogens is 242 g/mol. The van der Waals surface area contributed by atoms with Gasteiger partial charge in [0.1, 0.15) is 12.4 Å². The van der Waals surface area contributed by atoms with Gasteiger partial charge in [-0.15, -0.1) is 0 Å². The van der Waals surface area contributed by atoms with Crippen LogP contribution in [-0.4, -0.2) is 22.7 Å². The molecule has 0 fully saturated rings. The maximum atomic E-state index is 11.4. The molecule has 5 nitrogen and oxygen atoms in total. The second-order valence-electron chi connectivity index (χ2n) is 4.13. The topological polar surface area (TPSA) is 70.1 Å². The average molecular weight is 259 g/mol. The molecule has 1 aromatic carbocycles. The summed E-state index contributed by atoms with van der Waals surface area (Å²) in [4.78, 5) is 15.0. The number of aromatic nitrogens is 2. The van der Waals surface area contributed by atoms with Gasteiger partial charge in [-0.05, 0) is 36.7 Å². The van der Waals surface area contributed by atoms with Crippen molar-refractivity contribution in [2.75, 3.05) is 13.2 Å². The molecule has 0 bridgehead atoms. The van der Waals surface area contributed by atoms with E-state index in [1.165, 1.54) is 16.3 Å². The largest absolute Gasteiger partial charge is 0.492 e. The van der Waals surface area contributed by atoms with Crippen LogP contribution in [0.25, 0.3) is 0 Å². The van der Waals surface area contributed by atoms with Crippen molar-refractivity contribution in [3.8, 4) is 5.75 Å². The van der Waals surface area contributed by atoms with Gasteiger partial charge in [0.25, 0.3) is 0 Å². The lowest BCUT2D eigenvalue weighted by molar-refractivity contribution is 0.295. The van der Waals surface area contributed by atoms with E-state index < -0.39 is 0 Å². The zero-order chi connectivity index (χ0) is 13.5. The zero-order valence-electron chi connectivity index (χ0n) is 10.7. The molecule has 0 aliphatic rings. The van der Waals surface area contributed by atoms with Crippen LogP contribution in [0.4, 0.5) is 0 Å². The van der Waals surface area contributed by atoms with E-state index in [-0.39, 0.29) is 5.69 Å². The molecule has 100 valence electrons. The van der Waals surface area contributed by atoms with E-state index in [1.54, 1.807) is 12.3 Å². The molecule has 0 aliphatic heterocycles. The van der Waals surface area contributed by atoms with Crippen LogP contribution in [0, 0.1) is 0 Å². The number of nitrogens with two attached hydrogens (primary N) is 1. The minimum Gasteiger partial charge on any atom is -0.492 e. The monoisotopic (exact) mass is 259 g/mol. The molecule has 0 atom stereocenters. The molecule has 0 amide bonds. The van der Waals surface area contributed by atoms with Gasteiger partial charge in [-0.1, -0.05) is 12.1 Å². The van der Waals surface area contributed by atoms with Crippen LogP contribution < -0.4 is 16.2 Å². The van der Waals surface area contributed by atoms with Crippen molar-refractivity contribution in [1.82, 2.24) is 9.55 Å². The molecule has 19 heavy (non-hydrogen) atoms. The van der Waals surface area contributed by atoms with Gasteiger partial charge >= 0.3 is 5.69 Å². The van der Waals surface area contributed by atoms with Gasteiger partial charge in [0, 0.05) is 12.4 Å². The summed E-state index contributed by atoms with van der Waals surface area (Å²) in [5, 5.41) is 0. The Labute approximate surface area is 111 Å². The highest BCUT2D eigenvalue weighted by Crippen LogP contribution is 2.12. The molecule has 0 radical (unpaired) electrons. The minimum absolute atomic E-state index is 0.260. The van der Waals surface area contributed by atoms with Gasteiger partial charge in [0.05, 0.1) is 6.54 Å². The van der Waals surface area contributed by atoms with E-state index >= 15 is 0 Å². The molecule has 0 saturated heterocycles. The summed E-state index contributed by atoms with van der Waals surface area (Å²) in [6.45, 7) is 1.56. The maximum absolute atomic E-state index is 11.4. The SMILES string of the molecule is NCCc1ccc(OCCn2cccnc2=O)cc1. The van der Waals surface area contributed by atoms with Crippen LogP contribution >= 0.6 is 0 Å². The van der Waals surface area contributed by atoms with Crippen molar-refractivity contribution in [2.24, 2.45) is 5.73 Å². The first-order valence-electron chi connectivity index (χ1n) is 6.23. The minimum atomic E-state index is -0.260. The number of rotatable bonds is 6. The van der Waals surface area contributed by atoms with Gasteiger partial charge in [0.2, 0.25) is 0 Å². The van der Waals surface area contributed by atoms with Crippen LogP contribution in [0.15, 0.2) is 47.5 Å². The highest BCUT2D eigenvalue weighted by molar-refractivity contribution is 5.27. The number of nitrogens with zero attached hydrogens (tertiary/aromatic N) is 2. The molecule has 2 N–H and O–H groups in total. The third-order valence-electron chi connectivity index (χ3n) is 2.74. The molecule has 2 rings (SSSR count). The molecule has 0 spiro atoms. The van der Waals surface area contributed by atoms with Gasteiger partial charge in [-0.2, -0.15) is 0 Å². The fourth-order valence-electron chi connectivity index (χ4n) is 1.74. The van der Waals surface area contributed by atoms with Crippen molar-refractivity contribution < 1.29 is 4.74 Å². The van der Waals surface area contributed by atoms with Crippen LogP contribution in [0.2, 0.25) is 0 Å². The summed E-state index contributed by atoms with van der Waals surface area (Å²) in [5.41, 5.74) is 6.42. The number of hydrogen-bond donors (Lipinski definition) is 1. The fraction of sp³-hybridized carbons (Fsp3) is 0.286. The number of benzene rings is 1. The Hall–Kier alpha value is -2.14. The molecule has 1 aromatic heterocycles. The predicted octanol–water partition coefficient (Wildman–Crippen LogP) is 0.823. The summed E-state index contributed by atoms with van der Waals surface area (Å²) >= 11 is 0. The Balaban J connectivity index is 1.86. The van der Waals surface area contributed by atoms with Gasteiger partial charge in [0.15, 0.2) is 0 Å². The molecule has 2 aromatic rings. The maximum Gasteiger partial charge on any atom is 0.347 e. The zero-order valence-corrected chi connectivity index (χ0v) is 10.7. The van der Waals surface area contributed by atoms with Gasteiger partial charge in [-0.3, -0.25) is 4.57 Å². The Morgan fingerprint density at radius 2 is 2.05 bits per heavy atom. The first kappa shape index (κ1) is 13.3. The average Bonchev–Trinajstić information content (AvgIpc) is 2.43. The van der Waals surface area contributed by atoms with Crippen molar-refractivity contribution in [1.29, 1.82) is 0 Å². The molecule has 1 heterocycles. The Bertz CT molecular complexity index is 563. The Morgan fingerprint density at radius 1 is 1.26 bits per heavy atom. The van der Waals surface area contributed by atoms with Crippen LogP contribution in [0.3, 0.4) is 0 Å². The van der Waals surface area contributed by atoms with Crippen LogP contribution in [0.1, 0.15) is 5.56 Å². The summed E-state index contributed by atoms with van der Waals surface area (Å²) in [6, 6.07) is 9.55. The van der Waals surface area contributed by atoms with E-state index in [1.807, 2.05) is 24.3 Å². The first-order valence-corrected chi connectivity index (χ1v) is 6.23. The molecule has 0 unspecified atom stereocenters. The van der Waals surface area contributed by atoms with Crippen molar-refractivity contribution in [3.63, 3.8) is 0 Å². The lowest BCUT2D eigenvalue weighted by atomic mass is 10.1. The molecule has 0 aliphatic carbocycles. The summed E-state index contributed by atoms with van der Waals surface area (Å²) in [6.07, 6.45) is 4.05. The second kappa shape index (κ2) is 6.70. The number of ether oxygens (including phenoxy) is 1. The van der Waals surface area contributed by atoms with Gasteiger partial charge in [-0.25, -0.2) is 9.78 Å². The number of hydrogen-bond acceptors (Lipinski definition) is 4. The van der Waals surface area contributed by atoms with Crippen LogP contribution in [0.5, 0.6) is 5.75 Å². The first-order chi connectivity index (χ1) is 9.29. The Kier molecular flexibility index (Phi) is 4.69. The van der Waals surface area contributed by atoms with Crippen molar-refractivity contribution in [3.05, 3.63) is 58.8 Å². The van der Waals surface area contributed by atoms with Gasteiger partial charge < -0.3 is 10.5 Å². The normalized spacial score (nSPS) is 10.4. The van der Waals surface area contributed by atoms with E-state index in [4.69, 9.17) is 10.5 Å². The Morgan fingerprint density at radius 3 is 2.74 bits per heavy atom. The lowest BCUT2D eigenvalue weighted by Crippen LogP contribution is -2.24. The van der Waals surface area contributed by atoms with Crippen molar-refractivity contribution >= 4 is 0 Å². The van der Waals surface area contributed by atoms with E-state index in [2.05, 4.69) is 4.98 Å². The highest BCUT2D eigenvalue weighted by Gasteiger charge is 1.97. The molecular formula is C14H17N3O2. The summed E-state index contributed by atoms with van der Waals surface area (Å²) in [5.74, 6) is 0.790. The third kappa shape index (κ3) is 3.93. The van der Waals surface area contributed by atoms with E-state index in [9.17, 15) is 4.79 Å². The molecule has 0 saturated carbocycles. The lowest BCUT2D eigenvalue weighted by Gasteiger charge is -2.08. The quantitative estimate of drug-likeness (QED) is 0.834. The highest BCUT2D eigenvalue weighted by atomic mass is 16.5. The van der Waals surface area contributed by atoms with Crippen LogP contribution in [-0.2, 0) is 13.0 Å². The van der Waals surface area contributed by atoms with Crippen molar-refractivity contribution in [2.45, 2.75) is 13.0 Å². The molecule has 5 heteroatoms. The standard InChI is InChI=1S/C14H17N3O2/c15-7-6-12-2-4-13(5-3-12)19-11-10-17-9-1-8-16-14(17)18/h1-5,8-9H,6-7,10-11,15H2. The fourth-order valence-corrected chi connectivity index (χ4v) is 1.74. The predicted molar refractivity (Wildman–Crippen MR) is 73.2 cm³/mol. The van der Waals surface area contributed by atoms with E-state index in [0.29, 0.717) is 19.7 Å². The van der Waals surface area contributed by atoms with E-state index in [0.717, 1.165) is 12.2 Å². The smallest absolute Gasteiger partial charge is 0.347 e. The third-order valence-corrected chi connectivity index (χ3v) is 2.74. The summed E-state index contributed by atoms with van der Waals surface area (Å²) in [7, 11) is 0. The second-order valence-corrected chi connectivity index (χ2v) is 4.13. The summed E-state index contributed by atoms with van der Waals surface area (Å²) < 4.78 is 7.10.